The van der Waals surface area contributed by atoms with E-state index in [1.54, 1.807) is 43.0 Å². The zero-order valence-corrected chi connectivity index (χ0v) is 13.1. The van der Waals surface area contributed by atoms with Gasteiger partial charge in [0, 0.05) is 30.9 Å². The van der Waals surface area contributed by atoms with Crippen molar-refractivity contribution in [1.82, 2.24) is 24.9 Å². The Hall–Kier alpha value is -2.59. The molecule has 0 amide bonds. The Morgan fingerprint density at radius 2 is 1.43 bits per heavy atom. The minimum Gasteiger partial charge on any atom is -0.258 e. The molecule has 10 heteroatoms. The smallest absolute Gasteiger partial charge is 0.258 e. The lowest BCUT2D eigenvalue weighted by molar-refractivity contribution is -0.388. The molecule has 0 fully saturated rings. The van der Waals surface area contributed by atoms with E-state index in [0.717, 1.165) is 11.8 Å². The van der Waals surface area contributed by atoms with Crippen molar-refractivity contribution < 1.29 is 4.92 Å². The van der Waals surface area contributed by atoms with Crippen molar-refractivity contribution in [2.75, 3.05) is 0 Å². The molecule has 23 heavy (non-hydrogen) atoms. The third-order valence-corrected chi connectivity index (χ3v) is 4.20. The fraction of sp³-hybridized carbons (Fsp3) is 0. The highest BCUT2D eigenvalue weighted by atomic mass is 32.2. The molecule has 0 aliphatic carbocycles. The molecule has 114 valence electrons. The second kappa shape index (κ2) is 7.11. The van der Waals surface area contributed by atoms with Crippen molar-refractivity contribution in [2.24, 2.45) is 0 Å². The predicted molar refractivity (Wildman–Crippen MR) is 83.2 cm³/mol. The molecular weight excluding hydrogens is 336 g/mol. The highest BCUT2D eigenvalue weighted by Crippen LogP contribution is 2.34. The number of pyridine rings is 1. The Balaban J connectivity index is 1.91. The topological polar surface area (TPSA) is 108 Å². The first-order valence-electron chi connectivity index (χ1n) is 6.27. The molecule has 3 heterocycles. The van der Waals surface area contributed by atoms with E-state index in [1.165, 1.54) is 17.8 Å². The molecule has 0 bridgehead atoms. The van der Waals surface area contributed by atoms with E-state index in [-0.39, 0.29) is 10.7 Å². The average Bonchev–Trinajstić information content (AvgIpc) is 2.57. The van der Waals surface area contributed by atoms with Gasteiger partial charge in [-0.3, -0.25) is 10.1 Å². The third kappa shape index (κ3) is 3.99. The Morgan fingerprint density at radius 1 is 0.870 bits per heavy atom. The van der Waals surface area contributed by atoms with E-state index in [4.69, 9.17) is 0 Å². The minimum atomic E-state index is -0.480. The molecule has 0 aliphatic rings. The number of aromatic nitrogens is 5. The van der Waals surface area contributed by atoms with Crippen LogP contribution >= 0.6 is 23.5 Å². The van der Waals surface area contributed by atoms with Crippen LogP contribution in [0.5, 0.6) is 0 Å². The lowest BCUT2D eigenvalue weighted by Gasteiger charge is -2.03. The maximum absolute atomic E-state index is 11.2. The first kappa shape index (κ1) is 15.3. The van der Waals surface area contributed by atoms with E-state index in [0.29, 0.717) is 15.3 Å². The van der Waals surface area contributed by atoms with Crippen molar-refractivity contribution in [3.8, 4) is 0 Å². The zero-order chi connectivity index (χ0) is 16.1. The van der Waals surface area contributed by atoms with Crippen LogP contribution in [0.25, 0.3) is 0 Å². The molecule has 3 rings (SSSR count). The van der Waals surface area contributed by atoms with Crippen LogP contribution in [0.1, 0.15) is 0 Å². The summed E-state index contributed by atoms with van der Waals surface area (Å²) in [5.74, 6) is 0. The summed E-state index contributed by atoms with van der Waals surface area (Å²) >= 11 is 2.26. The lowest BCUT2D eigenvalue weighted by Crippen LogP contribution is -1.96. The van der Waals surface area contributed by atoms with Gasteiger partial charge in [-0.1, -0.05) is 0 Å². The monoisotopic (exact) mass is 344 g/mol. The average molecular weight is 344 g/mol. The van der Waals surface area contributed by atoms with Gasteiger partial charge >= 0.3 is 5.69 Å². The summed E-state index contributed by atoms with van der Waals surface area (Å²) in [6.45, 7) is 0. The van der Waals surface area contributed by atoms with E-state index in [1.807, 2.05) is 0 Å². The quantitative estimate of drug-likeness (QED) is 0.392. The van der Waals surface area contributed by atoms with Crippen LogP contribution in [0.15, 0.2) is 69.4 Å². The Morgan fingerprint density at radius 3 is 2.00 bits per heavy atom. The second-order valence-corrected chi connectivity index (χ2v) is 5.94. The van der Waals surface area contributed by atoms with Gasteiger partial charge in [-0.15, -0.1) is 0 Å². The Kier molecular flexibility index (Phi) is 4.74. The Bertz CT molecular complexity index is 819. The van der Waals surface area contributed by atoms with E-state index < -0.39 is 4.92 Å². The van der Waals surface area contributed by atoms with Crippen molar-refractivity contribution in [3.05, 3.63) is 59.2 Å². The number of hydrogen-bond donors (Lipinski definition) is 0. The van der Waals surface area contributed by atoms with Crippen molar-refractivity contribution in [2.45, 2.75) is 20.4 Å². The van der Waals surface area contributed by atoms with Gasteiger partial charge in [0.2, 0.25) is 0 Å². The van der Waals surface area contributed by atoms with Gasteiger partial charge in [0.1, 0.15) is 5.03 Å². The molecule has 0 saturated heterocycles. The summed E-state index contributed by atoms with van der Waals surface area (Å²) in [6, 6.07) is 6.35. The van der Waals surface area contributed by atoms with Crippen LogP contribution in [0, 0.1) is 10.1 Å². The number of rotatable bonds is 5. The zero-order valence-electron chi connectivity index (χ0n) is 11.4. The van der Waals surface area contributed by atoms with Crippen LogP contribution in [-0.4, -0.2) is 29.8 Å². The largest absolute Gasteiger partial charge is 0.301 e. The van der Waals surface area contributed by atoms with Gasteiger partial charge < -0.3 is 0 Å². The molecule has 0 aliphatic heterocycles. The van der Waals surface area contributed by atoms with Crippen molar-refractivity contribution in [3.63, 3.8) is 0 Å². The SMILES string of the molecule is O=[N+]([O-])c1ccc(Sc2ncccn2)nc1Sc1ncccn1. The summed E-state index contributed by atoms with van der Waals surface area (Å²) in [5.41, 5.74) is -0.0965. The lowest BCUT2D eigenvalue weighted by atomic mass is 10.4. The first-order valence-corrected chi connectivity index (χ1v) is 7.91. The Labute approximate surface area is 139 Å². The van der Waals surface area contributed by atoms with E-state index in [9.17, 15) is 10.1 Å². The predicted octanol–water partition coefficient (Wildman–Crippen LogP) is 2.87. The summed E-state index contributed by atoms with van der Waals surface area (Å²) in [7, 11) is 0. The van der Waals surface area contributed by atoms with E-state index >= 15 is 0 Å². The first-order chi connectivity index (χ1) is 11.2. The molecule has 3 aromatic rings. The fourth-order valence-electron chi connectivity index (χ4n) is 1.54. The molecule has 3 aromatic heterocycles. The van der Waals surface area contributed by atoms with Gasteiger partial charge in [0.25, 0.3) is 0 Å². The molecule has 8 nitrogen and oxygen atoms in total. The molecule has 0 saturated carbocycles. The van der Waals surface area contributed by atoms with Gasteiger partial charge in [-0.2, -0.15) is 0 Å². The summed E-state index contributed by atoms with van der Waals surface area (Å²) < 4.78 is 0. The molecule has 0 radical (unpaired) electrons. The number of hydrogen-bond acceptors (Lipinski definition) is 9. The van der Waals surface area contributed by atoms with Crippen LogP contribution in [0.4, 0.5) is 5.69 Å². The number of nitrogens with zero attached hydrogens (tertiary/aromatic N) is 6. The molecule has 0 aromatic carbocycles. The molecule has 0 N–H and O–H groups in total. The minimum absolute atomic E-state index is 0.0965. The highest BCUT2D eigenvalue weighted by Gasteiger charge is 2.19. The number of nitro groups is 1. The van der Waals surface area contributed by atoms with Crippen LogP contribution in [0.3, 0.4) is 0 Å². The van der Waals surface area contributed by atoms with Crippen LogP contribution in [-0.2, 0) is 0 Å². The second-order valence-electron chi connectivity index (χ2n) is 4.00. The summed E-state index contributed by atoms with van der Waals surface area (Å²) in [5, 5.41) is 12.8. The summed E-state index contributed by atoms with van der Waals surface area (Å²) in [6.07, 6.45) is 6.37. The highest BCUT2D eigenvalue weighted by molar-refractivity contribution is 7.99. The molecule has 0 spiro atoms. The maximum Gasteiger partial charge on any atom is 0.301 e. The van der Waals surface area contributed by atoms with Gasteiger partial charge in [-0.25, -0.2) is 24.9 Å². The van der Waals surface area contributed by atoms with Gasteiger partial charge in [0.15, 0.2) is 15.3 Å². The van der Waals surface area contributed by atoms with Crippen molar-refractivity contribution in [1.29, 1.82) is 0 Å². The third-order valence-electron chi connectivity index (χ3n) is 2.48. The van der Waals surface area contributed by atoms with Crippen molar-refractivity contribution >= 4 is 29.2 Å². The van der Waals surface area contributed by atoms with Gasteiger partial charge in [0.05, 0.1) is 4.92 Å². The van der Waals surface area contributed by atoms with E-state index in [2.05, 4.69) is 24.9 Å². The van der Waals surface area contributed by atoms with Crippen LogP contribution < -0.4 is 0 Å². The normalized spacial score (nSPS) is 10.4. The summed E-state index contributed by atoms with van der Waals surface area (Å²) in [4.78, 5) is 31.3. The van der Waals surface area contributed by atoms with Crippen LogP contribution in [0.2, 0.25) is 0 Å². The standard InChI is InChI=1S/C13H8N6O2S2/c20-19(21)9-3-4-10(22-12-14-5-1-6-15-12)18-11(9)23-13-16-7-2-8-17-13/h1-8H. The molecule has 0 unspecified atom stereocenters. The molecular formula is C13H8N6O2S2. The molecule has 0 atom stereocenters. The fourth-order valence-corrected chi connectivity index (χ4v) is 3.08. The van der Waals surface area contributed by atoms with Gasteiger partial charge in [-0.05, 0) is 41.7 Å². The maximum atomic E-state index is 11.2.